The van der Waals surface area contributed by atoms with Crippen LogP contribution in [0.2, 0.25) is 0 Å². The van der Waals surface area contributed by atoms with Gasteiger partial charge in [-0.15, -0.1) is 0 Å². The van der Waals surface area contributed by atoms with E-state index < -0.39 is 18.0 Å². The van der Waals surface area contributed by atoms with Gasteiger partial charge in [-0.25, -0.2) is 9.59 Å². The number of benzene rings is 1. The lowest BCUT2D eigenvalue weighted by Gasteiger charge is -2.24. The van der Waals surface area contributed by atoms with Crippen molar-refractivity contribution in [3.8, 4) is 0 Å². The van der Waals surface area contributed by atoms with Gasteiger partial charge < -0.3 is 10.4 Å². The van der Waals surface area contributed by atoms with Crippen LogP contribution in [0.3, 0.4) is 0 Å². The molecule has 110 valence electrons. The van der Waals surface area contributed by atoms with Gasteiger partial charge in [0.25, 0.3) is 0 Å². The van der Waals surface area contributed by atoms with E-state index in [0.29, 0.717) is 0 Å². The van der Waals surface area contributed by atoms with Gasteiger partial charge in [-0.1, -0.05) is 31.5 Å². The molecule has 0 bridgehead atoms. The van der Waals surface area contributed by atoms with E-state index in [0.717, 1.165) is 16.8 Å². The number of nitrogens with zero attached hydrogens (tertiary/aromatic N) is 1. The zero-order valence-electron chi connectivity index (χ0n) is 12.6. The van der Waals surface area contributed by atoms with Crippen LogP contribution in [0.4, 0.5) is 10.5 Å². The molecular formula is C15H22N2O3. The number of anilines is 1. The molecule has 0 saturated carbocycles. The zero-order chi connectivity index (χ0) is 15.4. The number of hydrogen-bond donors (Lipinski definition) is 2. The predicted octanol–water partition coefficient (Wildman–Crippen LogP) is 2.56. The van der Waals surface area contributed by atoms with Crippen molar-refractivity contribution in [2.24, 2.45) is 5.92 Å². The molecule has 2 amide bonds. The molecule has 0 fully saturated rings. The van der Waals surface area contributed by atoms with Crippen LogP contribution in [0.15, 0.2) is 18.2 Å². The van der Waals surface area contributed by atoms with Crippen molar-refractivity contribution in [3.05, 3.63) is 29.3 Å². The van der Waals surface area contributed by atoms with Gasteiger partial charge >= 0.3 is 12.0 Å². The molecule has 0 saturated heterocycles. The smallest absolute Gasteiger partial charge is 0.326 e. The standard InChI is InChI=1S/C15H22N2O3/c1-9(2)13(14(18)19)16-15(20)17(5)12-7-6-10(3)8-11(12)4/h6-9,13H,1-5H3,(H,16,20)(H,18,19)/t13-/m0/s1. The Morgan fingerprint density at radius 1 is 1.25 bits per heavy atom. The molecule has 0 aliphatic carbocycles. The summed E-state index contributed by atoms with van der Waals surface area (Å²) < 4.78 is 0. The number of rotatable bonds is 4. The largest absolute Gasteiger partial charge is 0.480 e. The average molecular weight is 278 g/mol. The van der Waals surface area contributed by atoms with Gasteiger partial charge in [0.2, 0.25) is 0 Å². The van der Waals surface area contributed by atoms with Crippen LogP contribution in [-0.2, 0) is 4.79 Å². The first kappa shape index (κ1) is 16.0. The van der Waals surface area contributed by atoms with Gasteiger partial charge in [0, 0.05) is 12.7 Å². The Hall–Kier alpha value is -2.04. The van der Waals surface area contributed by atoms with Crippen molar-refractivity contribution in [1.82, 2.24) is 5.32 Å². The summed E-state index contributed by atoms with van der Waals surface area (Å²) in [5.41, 5.74) is 2.85. The fraction of sp³-hybridized carbons (Fsp3) is 0.467. The number of carboxylic acids is 1. The molecule has 0 aliphatic heterocycles. The Bertz CT molecular complexity index is 512. The fourth-order valence-corrected chi connectivity index (χ4v) is 2.03. The number of aryl methyl sites for hydroxylation is 2. The summed E-state index contributed by atoms with van der Waals surface area (Å²) in [5.74, 6) is -1.20. The van der Waals surface area contributed by atoms with E-state index in [4.69, 9.17) is 5.11 Å². The highest BCUT2D eigenvalue weighted by Crippen LogP contribution is 2.20. The Labute approximate surface area is 119 Å². The maximum Gasteiger partial charge on any atom is 0.326 e. The first-order valence-electron chi connectivity index (χ1n) is 6.58. The highest BCUT2D eigenvalue weighted by molar-refractivity contribution is 5.94. The number of hydrogen-bond acceptors (Lipinski definition) is 2. The summed E-state index contributed by atoms with van der Waals surface area (Å²) in [6.07, 6.45) is 0. The average Bonchev–Trinajstić information content (AvgIpc) is 2.34. The van der Waals surface area contributed by atoms with E-state index in [1.165, 1.54) is 4.90 Å². The van der Waals surface area contributed by atoms with Gasteiger partial charge in [-0.05, 0) is 31.4 Å². The Balaban J connectivity index is 2.88. The third kappa shape index (κ3) is 3.73. The van der Waals surface area contributed by atoms with E-state index in [1.807, 2.05) is 32.0 Å². The number of carboxylic acid groups (broad SMARTS) is 1. The molecule has 0 radical (unpaired) electrons. The number of nitrogens with one attached hydrogen (secondary N) is 1. The number of aliphatic carboxylic acids is 1. The minimum Gasteiger partial charge on any atom is -0.480 e. The normalized spacial score (nSPS) is 12.1. The number of urea groups is 1. The molecule has 1 rings (SSSR count). The summed E-state index contributed by atoms with van der Waals surface area (Å²) in [6.45, 7) is 7.42. The van der Waals surface area contributed by atoms with E-state index in [2.05, 4.69) is 5.32 Å². The van der Waals surface area contributed by atoms with Crippen molar-refractivity contribution >= 4 is 17.7 Å². The molecule has 1 atom stereocenters. The molecule has 0 heterocycles. The first-order valence-corrected chi connectivity index (χ1v) is 6.58. The number of carbonyl (C=O) groups is 2. The SMILES string of the molecule is Cc1ccc(N(C)C(=O)N[C@H](C(=O)O)C(C)C)c(C)c1. The molecule has 5 heteroatoms. The number of amides is 2. The maximum absolute atomic E-state index is 12.2. The molecule has 0 unspecified atom stereocenters. The van der Waals surface area contributed by atoms with Crippen LogP contribution >= 0.6 is 0 Å². The quantitative estimate of drug-likeness (QED) is 0.889. The lowest BCUT2D eigenvalue weighted by atomic mass is 10.1. The molecule has 0 aromatic heterocycles. The minimum atomic E-state index is -1.03. The monoisotopic (exact) mass is 278 g/mol. The molecule has 5 nitrogen and oxygen atoms in total. The highest BCUT2D eigenvalue weighted by atomic mass is 16.4. The third-order valence-corrected chi connectivity index (χ3v) is 3.23. The van der Waals surface area contributed by atoms with Crippen molar-refractivity contribution in [2.75, 3.05) is 11.9 Å². The minimum absolute atomic E-state index is 0.177. The molecule has 0 spiro atoms. The maximum atomic E-state index is 12.2. The topological polar surface area (TPSA) is 69.6 Å². The van der Waals surface area contributed by atoms with Crippen LogP contribution in [-0.4, -0.2) is 30.2 Å². The van der Waals surface area contributed by atoms with Crippen molar-refractivity contribution in [3.63, 3.8) is 0 Å². The Kier molecular flexibility index (Phi) is 5.13. The van der Waals surface area contributed by atoms with Gasteiger partial charge in [-0.2, -0.15) is 0 Å². The van der Waals surface area contributed by atoms with Crippen molar-refractivity contribution in [2.45, 2.75) is 33.7 Å². The molecular weight excluding hydrogens is 256 g/mol. The summed E-state index contributed by atoms with van der Waals surface area (Å²) in [7, 11) is 1.63. The number of carbonyl (C=O) groups excluding carboxylic acids is 1. The zero-order valence-corrected chi connectivity index (χ0v) is 12.6. The summed E-state index contributed by atoms with van der Waals surface area (Å²) in [6, 6.07) is 4.45. The van der Waals surface area contributed by atoms with E-state index >= 15 is 0 Å². The third-order valence-electron chi connectivity index (χ3n) is 3.23. The second-order valence-electron chi connectivity index (χ2n) is 5.36. The van der Waals surface area contributed by atoms with Crippen LogP contribution in [0, 0.1) is 19.8 Å². The van der Waals surface area contributed by atoms with Gasteiger partial charge in [0.05, 0.1) is 0 Å². The highest BCUT2D eigenvalue weighted by Gasteiger charge is 2.25. The summed E-state index contributed by atoms with van der Waals surface area (Å²) in [5, 5.41) is 11.6. The summed E-state index contributed by atoms with van der Waals surface area (Å²) >= 11 is 0. The van der Waals surface area contributed by atoms with Gasteiger partial charge in [-0.3, -0.25) is 4.90 Å². The molecule has 1 aromatic carbocycles. The molecule has 20 heavy (non-hydrogen) atoms. The second-order valence-corrected chi connectivity index (χ2v) is 5.36. The lowest BCUT2D eigenvalue weighted by Crippen LogP contribution is -2.49. The predicted molar refractivity (Wildman–Crippen MR) is 79.1 cm³/mol. The van der Waals surface area contributed by atoms with Crippen LogP contribution in [0.25, 0.3) is 0 Å². The first-order chi connectivity index (χ1) is 9.23. The summed E-state index contributed by atoms with van der Waals surface area (Å²) in [4.78, 5) is 24.7. The lowest BCUT2D eigenvalue weighted by molar-refractivity contribution is -0.140. The molecule has 0 aliphatic rings. The van der Waals surface area contributed by atoms with Gasteiger partial charge in [0.15, 0.2) is 0 Å². The van der Waals surface area contributed by atoms with Crippen molar-refractivity contribution < 1.29 is 14.7 Å². The van der Waals surface area contributed by atoms with E-state index in [-0.39, 0.29) is 5.92 Å². The van der Waals surface area contributed by atoms with Crippen LogP contribution in [0.5, 0.6) is 0 Å². The molecule has 2 N–H and O–H groups in total. The van der Waals surface area contributed by atoms with Gasteiger partial charge in [0.1, 0.15) is 6.04 Å². The fourth-order valence-electron chi connectivity index (χ4n) is 2.03. The van der Waals surface area contributed by atoms with Crippen molar-refractivity contribution in [1.29, 1.82) is 0 Å². The second kappa shape index (κ2) is 6.41. The Morgan fingerprint density at radius 3 is 2.30 bits per heavy atom. The van der Waals surface area contributed by atoms with Crippen LogP contribution < -0.4 is 10.2 Å². The van der Waals surface area contributed by atoms with E-state index in [1.54, 1.807) is 20.9 Å². The van der Waals surface area contributed by atoms with E-state index in [9.17, 15) is 9.59 Å². The molecule has 1 aromatic rings. The van der Waals surface area contributed by atoms with Crippen LogP contribution in [0.1, 0.15) is 25.0 Å². The Morgan fingerprint density at radius 2 is 1.85 bits per heavy atom.